The number of aryl methyl sites for hydroxylation is 1. The van der Waals surface area contributed by atoms with Crippen LogP contribution in [0.5, 0.6) is 0 Å². The predicted octanol–water partition coefficient (Wildman–Crippen LogP) is 3.70. The lowest BCUT2D eigenvalue weighted by Crippen LogP contribution is -2.13. The number of esters is 1. The summed E-state index contributed by atoms with van der Waals surface area (Å²) in [6.45, 7) is 5.90. The van der Waals surface area contributed by atoms with E-state index in [1.54, 1.807) is 6.20 Å². The Morgan fingerprint density at radius 2 is 1.92 bits per heavy atom. The Morgan fingerprint density at radius 3 is 2.62 bits per heavy atom. The molecule has 0 aliphatic heterocycles. The summed E-state index contributed by atoms with van der Waals surface area (Å²) in [6, 6.07) is 9.67. The van der Waals surface area contributed by atoms with Gasteiger partial charge in [-0.3, -0.25) is 4.79 Å². The van der Waals surface area contributed by atoms with E-state index in [0.29, 0.717) is 23.9 Å². The van der Waals surface area contributed by atoms with Gasteiger partial charge >= 0.3 is 5.97 Å². The van der Waals surface area contributed by atoms with Crippen LogP contribution in [-0.4, -0.2) is 21.1 Å². The fourth-order valence-electron chi connectivity index (χ4n) is 2.20. The molecule has 0 atom stereocenters. The van der Waals surface area contributed by atoms with Crippen molar-refractivity contribution in [3.8, 4) is 11.3 Å². The monoisotopic (exact) mass is 355 g/mol. The third kappa shape index (κ3) is 4.56. The van der Waals surface area contributed by atoms with E-state index in [1.165, 1.54) is 0 Å². The second kappa shape index (κ2) is 7.51. The lowest BCUT2D eigenvalue weighted by Gasteiger charge is -2.10. The van der Waals surface area contributed by atoms with Gasteiger partial charge in [-0.2, -0.15) is 4.98 Å². The third-order valence-corrected chi connectivity index (χ3v) is 3.65. The molecule has 0 aliphatic rings. The molecule has 1 aromatic carbocycles. The largest absolute Gasteiger partial charge is 0.456 e. The van der Waals surface area contributed by atoms with Crippen molar-refractivity contribution in [1.82, 2.24) is 15.1 Å². The van der Waals surface area contributed by atoms with Gasteiger partial charge in [-0.05, 0) is 0 Å². The van der Waals surface area contributed by atoms with E-state index < -0.39 is 0 Å². The first-order valence-electron chi connectivity index (χ1n) is 8.40. The van der Waals surface area contributed by atoms with E-state index in [1.807, 2.05) is 51.1 Å². The van der Waals surface area contributed by atoms with E-state index in [9.17, 15) is 4.79 Å². The van der Waals surface area contributed by atoms with Crippen LogP contribution in [0, 0.1) is 0 Å². The topological polar surface area (TPSA) is 91.2 Å². The number of oxazole rings is 1. The summed E-state index contributed by atoms with van der Waals surface area (Å²) in [5, 5.41) is 3.89. The Balaban J connectivity index is 1.47. The minimum Gasteiger partial charge on any atom is -0.456 e. The third-order valence-electron chi connectivity index (χ3n) is 3.65. The molecule has 3 rings (SSSR count). The lowest BCUT2D eigenvalue weighted by molar-refractivity contribution is -0.145. The smallest absolute Gasteiger partial charge is 0.306 e. The maximum atomic E-state index is 11.9. The number of carbonyl (C=O) groups is 1. The Labute approximate surface area is 151 Å². The number of hydrogen-bond donors (Lipinski definition) is 0. The van der Waals surface area contributed by atoms with E-state index >= 15 is 0 Å². The molecule has 7 heteroatoms. The van der Waals surface area contributed by atoms with Crippen LogP contribution in [-0.2, 0) is 28.0 Å². The highest BCUT2D eigenvalue weighted by Gasteiger charge is 2.21. The first-order chi connectivity index (χ1) is 12.4. The Hall–Kier alpha value is -2.96. The molecule has 2 heterocycles. The number of nitrogens with zero attached hydrogens (tertiary/aromatic N) is 3. The number of benzene rings is 1. The number of aromatic nitrogens is 3. The average Bonchev–Trinajstić information content (AvgIpc) is 3.28. The van der Waals surface area contributed by atoms with Gasteiger partial charge in [-0.25, -0.2) is 4.98 Å². The first-order valence-corrected chi connectivity index (χ1v) is 8.40. The zero-order valence-corrected chi connectivity index (χ0v) is 15.1. The maximum Gasteiger partial charge on any atom is 0.306 e. The van der Waals surface area contributed by atoms with Crippen molar-refractivity contribution >= 4 is 5.97 Å². The molecule has 0 radical (unpaired) electrons. The van der Waals surface area contributed by atoms with Crippen LogP contribution < -0.4 is 0 Å². The molecule has 0 fully saturated rings. The molecule has 0 saturated heterocycles. The average molecular weight is 355 g/mol. The van der Waals surface area contributed by atoms with Crippen molar-refractivity contribution in [2.75, 3.05) is 0 Å². The standard InChI is InChI=1S/C19H21N3O4/c1-19(2,3)18-21-16(26-22-18)12-24-17(23)10-9-15-20-11-14(25-15)13-7-5-4-6-8-13/h4-8,11H,9-10,12H2,1-3H3. The molecule has 136 valence electrons. The van der Waals surface area contributed by atoms with Crippen molar-refractivity contribution in [1.29, 1.82) is 0 Å². The van der Waals surface area contributed by atoms with Gasteiger partial charge in [-0.1, -0.05) is 56.3 Å². The molecular weight excluding hydrogens is 334 g/mol. The normalized spacial score (nSPS) is 11.5. The first kappa shape index (κ1) is 17.8. The van der Waals surface area contributed by atoms with Gasteiger partial charge < -0.3 is 13.7 Å². The van der Waals surface area contributed by atoms with Gasteiger partial charge in [0.05, 0.1) is 12.6 Å². The van der Waals surface area contributed by atoms with Crippen molar-refractivity contribution in [3.63, 3.8) is 0 Å². The Bertz CT molecular complexity index is 862. The van der Waals surface area contributed by atoms with Crippen LogP contribution in [0.3, 0.4) is 0 Å². The van der Waals surface area contributed by atoms with E-state index in [2.05, 4.69) is 15.1 Å². The van der Waals surface area contributed by atoms with Crippen LogP contribution in [0.25, 0.3) is 11.3 Å². The molecule has 0 aliphatic carbocycles. The highest BCUT2D eigenvalue weighted by molar-refractivity contribution is 5.69. The minimum absolute atomic E-state index is 0.0389. The fraction of sp³-hybridized carbons (Fsp3) is 0.368. The summed E-state index contributed by atoms with van der Waals surface area (Å²) < 4.78 is 15.9. The van der Waals surface area contributed by atoms with Gasteiger partial charge in [0.15, 0.2) is 24.1 Å². The van der Waals surface area contributed by atoms with Crippen LogP contribution in [0.4, 0.5) is 0 Å². The predicted molar refractivity (Wildman–Crippen MR) is 93.1 cm³/mol. The molecule has 3 aromatic rings. The SMILES string of the molecule is CC(C)(C)c1noc(COC(=O)CCc2ncc(-c3ccccc3)o2)n1. The molecular formula is C19H21N3O4. The van der Waals surface area contributed by atoms with E-state index in [4.69, 9.17) is 13.7 Å². The van der Waals surface area contributed by atoms with Crippen molar-refractivity contribution in [2.45, 2.75) is 45.6 Å². The van der Waals surface area contributed by atoms with Crippen LogP contribution in [0.15, 0.2) is 45.5 Å². The molecule has 0 N–H and O–H groups in total. The summed E-state index contributed by atoms with van der Waals surface area (Å²) in [6.07, 6.45) is 2.18. The molecule has 26 heavy (non-hydrogen) atoms. The quantitative estimate of drug-likeness (QED) is 0.623. The zero-order valence-electron chi connectivity index (χ0n) is 15.1. The van der Waals surface area contributed by atoms with E-state index in [-0.39, 0.29) is 30.3 Å². The van der Waals surface area contributed by atoms with Gasteiger partial charge in [-0.15, -0.1) is 0 Å². The molecule has 0 bridgehead atoms. The van der Waals surface area contributed by atoms with Gasteiger partial charge in [0.2, 0.25) is 0 Å². The highest BCUT2D eigenvalue weighted by Crippen LogP contribution is 2.21. The van der Waals surface area contributed by atoms with Crippen molar-refractivity contribution < 1.29 is 18.5 Å². The minimum atomic E-state index is -0.375. The number of hydrogen-bond acceptors (Lipinski definition) is 7. The van der Waals surface area contributed by atoms with Gasteiger partial charge in [0.1, 0.15) is 0 Å². The summed E-state index contributed by atoms with van der Waals surface area (Å²) in [5.74, 6) is 1.66. The Kier molecular flexibility index (Phi) is 5.16. The molecule has 2 aromatic heterocycles. The molecule has 7 nitrogen and oxygen atoms in total. The van der Waals surface area contributed by atoms with Crippen LogP contribution in [0.1, 0.15) is 44.8 Å². The lowest BCUT2D eigenvalue weighted by atomic mass is 9.96. The van der Waals surface area contributed by atoms with Crippen molar-refractivity contribution in [2.24, 2.45) is 0 Å². The van der Waals surface area contributed by atoms with Crippen molar-refractivity contribution in [3.05, 3.63) is 54.1 Å². The van der Waals surface area contributed by atoms with Gasteiger partial charge in [0, 0.05) is 17.4 Å². The summed E-state index contributed by atoms with van der Waals surface area (Å²) in [5.41, 5.74) is 0.729. The molecule has 0 saturated carbocycles. The number of carbonyl (C=O) groups excluding carboxylic acids is 1. The maximum absolute atomic E-state index is 11.9. The van der Waals surface area contributed by atoms with Crippen LogP contribution >= 0.6 is 0 Å². The summed E-state index contributed by atoms with van der Waals surface area (Å²) >= 11 is 0. The van der Waals surface area contributed by atoms with Gasteiger partial charge in [0.25, 0.3) is 5.89 Å². The fourth-order valence-corrected chi connectivity index (χ4v) is 2.20. The highest BCUT2D eigenvalue weighted by atomic mass is 16.6. The number of ether oxygens (including phenoxy) is 1. The Morgan fingerprint density at radius 1 is 1.15 bits per heavy atom. The number of rotatable bonds is 6. The summed E-state index contributed by atoms with van der Waals surface area (Å²) in [7, 11) is 0. The molecule has 0 unspecified atom stereocenters. The van der Waals surface area contributed by atoms with Crippen LogP contribution in [0.2, 0.25) is 0 Å². The zero-order chi connectivity index (χ0) is 18.6. The molecule has 0 amide bonds. The second-order valence-corrected chi connectivity index (χ2v) is 6.91. The second-order valence-electron chi connectivity index (χ2n) is 6.91. The van der Waals surface area contributed by atoms with E-state index in [0.717, 1.165) is 5.56 Å². The summed E-state index contributed by atoms with van der Waals surface area (Å²) in [4.78, 5) is 20.3. The molecule has 0 spiro atoms.